The molecule has 166 valence electrons. The van der Waals surface area contributed by atoms with Crippen molar-refractivity contribution in [2.24, 2.45) is 0 Å². The van der Waals surface area contributed by atoms with Gasteiger partial charge in [0.2, 0.25) is 12.0 Å². The number of hydrogen-bond donors (Lipinski definition) is 4. The Kier molecular flexibility index (Phi) is 7.12. The molecule has 0 unspecified atom stereocenters. The minimum absolute atomic E-state index is 0. The zero-order valence-electron chi connectivity index (χ0n) is 16.5. The molecule has 1 aromatic carbocycles. The SMILES string of the molecule is CCNC(=O)[C@H]1O[C@@H](n2cnc3c(N)[n+](Cc4cccc(Cl)c4)cnc32)[C@H](O)[C@@H]1O.[Br-]. The van der Waals surface area contributed by atoms with Crippen LogP contribution in [-0.4, -0.2) is 55.5 Å². The number of amides is 1. The molecule has 1 aliphatic heterocycles. The van der Waals surface area contributed by atoms with E-state index in [1.54, 1.807) is 23.9 Å². The third-order valence-corrected chi connectivity index (χ3v) is 5.24. The number of carbonyl (C=O) groups is 1. The number of rotatable bonds is 5. The second-order valence-electron chi connectivity index (χ2n) is 7.03. The largest absolute Gasteiger partial charge is 1.00 e. The van der Waals surface area contributed by atoms with Gasteiger partial charge in [-0.3, -0.25) is 9.36 Å². The predicted octanol–water partition coefficient (Wildman–Crippen LogP) is -3.24. The first kappa shape index (κ1) is 23.4. The van der Waals surface area contributed by atoms with Crippen molar-refractivity contribution in [3.63, 3.8) is 0 Å². The van der Waals surface area contributed by atoms with Crippen LogP contribution in [0.1, 0.15) is 18.7 Å². The number of halogens is 2. The quantitative estimate of drug-likeness (QED) is 0.263. The first-order valence-corrected chi connectivity index (χ1v) is 9.82. The Morgan fingerprint density at radius 2 is 2.13 bits per heavy atom. The van der Waals surface area contributed by atoms with E-state index in [1.807, 2.05) is 18.2 Å². The molecule has 4 rings (SSSR count). The van der Waals surface area contributed by atoms with E-state index in [0.717, 1.165) is 5.56 Å². The number of nitrogens with two attached hydrogens (primary N) is 1. The van der Waals surface area contributed by atoms with Gasteiger partial charge in [0.05, 0.1) is 6.54 Å². The Balaban J connectivity index is 0.00000272. The molecule has 1 fully saturated rings. The van der Waals surface area contributed by atoms with E-state index in [-0.39, 0.29) is 17.0 Å². The number of likely N-dealkylation sites (N-methyl/N-ethyl adjacent to an activating group) is 1. The van der Waals surface area contributed by atoms with E-state index in [1.165, 1.54) is 10.9 Å². The van der Waals surface area contributed by atoms with Gasteiger partial charge in [0, 0.05) is 11.6 Å². The average Bonchev–Trinajstić information content (AvgIpc) is 3.26. The summed E-state index contributed by atoms with van der Waals surface area (Å²) in [6.45, 7) is 2.58. The molecular weight excluding hydrogens is 492 g/mol. The summed E-state index contributed by atoms with van der Waals surface area (Å²) in [7, 11) is 0. The fraction of sp³-hybridized carbons (Fsp3) is 0.368. The van der Waals surface area contributed by atoms with Crippen LogP contribution in [0.15, 0.2) is 36.9 Å². The Morgan fingerprint density at radius 1 is 1.35 bits per heavy atom. The molecule has 0 saturated carbocycles. The minimum Gasteiger partial charge on any atom is -1.00 e. The molecule has 5 N–H and O–H groups in total. The number of benzene rings is 1. The van der Waals surface area contributed by atoms with E-state index in [4.69, 9.17) is 22.1 Å². The summed E-state index contributed by atoms with van der Waals surface area (Å²) in [4.78, 5) is 20.8. The minimum atomic E-state index is -1.38. The number of nitrogens with zero attached hydrogens (tertiary/aromatic N) is 4. The van der Waals surface area contributed by atoms with Crippen molar-refractivity contribution in [1.29, 1.82) is 0 Å². The van der Waals surface area contributed by atoms with E-state index >= 15 is 0 Å². The standard InChI is InChI=1S/C19H21ClN6O4.BrH/c1-2-22-18(29)15-13(27)14(28)19(30-15)26-9-23-12-16(21)25(8-24-17(12)26)7-10-4-3-5-11(20)6-10;/h3-6,8-9,13-15,19,21,27-28H,2,7H2,1H3,(H,22,29);1H/t13-,14+,15-,19+;/m0./s1. The number of nitrogen functional groups attached to an aromatic ring is 1. The molecule has 0 radical (unpaired) electrons. The molecule has 1 saturated heterocycles. The lowest BCUT2D eigenvalue weighted by Crippen LogP contribution is -3.00. The van der Waals surface area contributed by atoms with E-state index in [2.05, 4.69) is 15.3 Å². The Labute approximate surface area is 193 Å². The van der Waals surface area contributed by atoms with Crippen molar-refractivity contribution in [3.05, 3.63) is 47.5 Å². The van der Waals surface area contributed by atoms with Gasteiger partial charge < -0.3 is 43.0 Å². The lowest BCUT2D eigenvalue weighted by molar-refractivity contribution is -0.675. The number of hydrogen-bond acceptors (Lipinski definition) is 7. The van der Waals surface area contributed by atoms with E-state index in [9.17, 15) is 15.0 Å². The van der Waals surface area contributed by atoms with Crippen LogP contribution in [0.25, 0.3) is 11.2 Å². The van der Waals surface area contributed by atoms with Crippen molar-refractivity contribution in [2.45, 2.75) is 38.0 Å². The molecule has 1 aliphatic rings. The van der Waals surface area contributed by atoms with Crippen LogP contribution in [-0.2, 0) is 16.1 Å². The molecular formula is C19H22BrClN6O4. The monoisotopic (exact) mass is 512 g/mol. The van der Waals surface area contributed by atoms with Gasteiger partial charge in [-0.15, -0.1) is 0 Å². The van der Waals surface area contributed by atoms with Gasteiger partial charge in [0.25, 0.3) is 11.7 Å². The Bertz CT molecular complexity index is 1100. The predicted molar refractivity (Wildman–Crippen MR) is 107 cm³/mol. The maximum Gasteiger partial charge on any atom is 0.252 e. The molecule has 10 nitrogen and oxygen atoms in total. The lowest BCUT2D eigenvalue weighted by atomic mass is 10.1. The van der Waals surface area contributed by atoms with E-state index < -0.39 is 30.4 Å². The summed E-state index contributed by atoms with van der Waals surface area (Å²) < 4.78 is 8.83. The second kappa shape index (κ2) is 9.45. The number of anilines is 1. The smallest absolute Gasteiger partial charge is 0.252 e. The van der Waals surface area contributed by atoms with Crippen molar-refractivity contribution in [3.8, 4) is 0 Å². The van der Waals surface area contributed by atoms with Crippen molar-refractivity contribution in [2.75, 3.05) is 12.3 Å². The van der Waals surface area contributed by atoms with Crippen molar-refractivity contribution < 1.29 is 41.3 Å². The fourth-order valence-electron chi connectivity index (χ4n) is 3.51. The third kappa shape index (κ3) is 4.37. The van der Waals surface area contributed by atoms with Gasteiger partial charge in [-0.1, -0.05) is 28.7 Å². The molecule has 0 spiro atoms. The fourth-order valence-corrected chi connectivity index (χ4v) is 3.72. The van der Waals surface area contributed by atoms with Crippen LogP contribution >= 0.6 is 11.6 Å². The summed E-state index contributed by atoms with van der Waals surface area (Å²) in [5, 5.41) is 23.9. The normalized spacial score (nSPS) is 23.0. The first-order chi connectivity index (χ1) is 14.4. The van der Waals surface area contributed by atoms with Crippen LogP contribution < -0.4 is 32.6 Å². The molecule has 2 aromatic heterocycles. The average molecular weight is 514 g/mol. The van der Waals surface area contributed by atoms with Crippen LogP contribution in [0.4, 0.5) is 5.82 Å². The maximum absolute atomic E-state index is 12.1. The number of aromatic nitrogens is 4. The Hall–Kier alpha value is -2.31. The zero-order valence-corrected chi connectivity index (χ0v) is 18.9. The lowest BCUT2D eigenvalue weighted by Gasteiger charge is -2.15. The molecule has 12 heteroatoms. The van der Waals surface area contributed by atoms with Gasteiger partial charge in [-0.05, 0) is 24.6 Å². The van der Waals surface area contributed by atoms with Gasteiger partial charge >= 0.3 is 0 Å². The van der Waals surface area contributed by atoms with Crippen LogP contribution in [0.3, 0.4) is 0 Å². The second-order valence-corrected chi connectivity index (χ2v) is 7.47. The molecule has 0 bridgehead atoms. The summed E-state index contributed by atoms with van der Waals surface area (Å²) in [6, 6.07) is 7.40. The molecule has 3 aromatic rings. The third-order valence-electron chi connectivity index (χ3n) is 5.00. The van der Waals surface area contributed by atoms with Crippen LogP contribution in [0.5, 0.6) is 0 Å². The van der Waals surface area contributed by atoms with Crippen molar-refractivity contribution >= 4 is 34.5 Å². The van der Waals surface area contributed by atoms with Gasteiger partial charge in [-0.25, -0.2) is 9.55 Å². The number of aliphatic hydroxyl groups excluding tert-OH is 2. The highest BCUT2D eigenvalue weighted by Gasteiger charge is 2.48. The molecule has 0 aliphatic carbocycles. The Morgan fingerprint density at radius 3 is 2.84 bits per heavy atom. The highest BCUT2D eigenvalue weighted by atomic mass is 79.9. The maximum atomic E-state index is 12.1. The highest BCUT2D eigenvalue weighted by Crippen LogP contribution is 2.32. The molecule has 3 heterocycles. The molecule has 31 heavy (non-hydrogen) atoms. The topological polar surface area (TPSA) is 139 Å². The first-order valence-electron chi connectivity index (χ1n) is 9.45. The number of fused-ring (bicyclic) bond motifs is 1. The number of ether oxygens (including phenoxy) is 1. The van der Waals surface area contributed by atoms with Crippen LogP contribution in [0, 0.1) is 0 Å². The van der Waals surface area contributed by atoms with Gasteiger partial charge in [-0.2, -0.15) is 0 Å². The van der Waals surface area contributed by atoms with Crippen molar-refractivity contribution in [1.82, 2.24) is 19.9 Å². The molecule has 4 atom stereocenters. The summed E-state index contributed by atoms with van der Waals surface area (Å²) >= 11 is 6.04. The van der Waals surface area contributed by atoms with E-state index in [0.29, 0.717) is 35.1 Å². The number of aliphatic hydroxyl groups is 2. The number of imidazole rings is 1. The zero-order chi connectivity index (χ0) is 21.4. The van der Waals surface area contributed by atoms with Gasteiger partial charge in [0.1, 0.15) is 18.5 Å². The highest BCUT2D eigenvalue weighted by molar-refractivity contribution is 6.30. The summed E-state index contributed by atoms with van der Waals surface area (Å²) in [6.07, 6.45) is -1.98. The van der Waals surface area contributed by atoms with Crippen LogP contribution in [0.2, 0.25) is 5.02 Å². The number of nitrogens with one attached hydrogen (secondary N) is 1. The van der Waals surface area contributed by atoms with Gasteiger partial charge in [0.15, 0.2) is 17.8 Å². The summed E-state index contributed by atoms with van der Waals surface area (Å²) in [5.74, 6) is -0.130. The summed E-state index contributed by atoms with van der Waals surface area (Å²) in [5.41, 5.74) is 8.01. The molecule has 1 amide bonds. The number of carbonyl (C=O) groups excluding carboxylic acids is 1.